The van der Waals surface area contributed by atoms with Crippen LogP contribution in [0.3, 0.4) is 0 Å². The van der Waals surface area contributed by atoms with Crippen molar-refractivity contribution in [3.8, 4) is 5.75 Å². The minimum Gasteiger partial charge on any atom is -0.420 e. The highest BCUT2D eigenvalue weighted by molar-refractivity contribution is 8.14. The normalized spacial score (nSPS) is 12.1. The fraction of sp³-hybridized carbons (Fsp3) is 0.200. The first kappa shape index (κ1) is 17.1. The van der Waals surface area contributed by atoms with E-state index in [9.17, 15) is 27.2 Å². The number of carbonyl (C=O) groups is 2. The monoisotopic (exact) mass is 350 g/mol. The molecule has 110 valence electrons. The van der Waals surface area contributed by atoms with E-state index in [0.29, 0.717) is 0 Å². The second kappa shape index (κ2) is 6.19. The van der Waals surface area contributed by atoms with Crippen molar-refractivity contribution in [3.63, 3.8) is 0 Å². The molecule has 0 aliphatic carbocycles. The molecule has 0 saturated heterocycles. The third-order valence-corrected chi connectivity index (χ3v) is 3.15. The van der Waals surface area contributed by atoms with Gasteiger partial charge in [-0.25, -0.2) is 4.79 Å². The molecular formula is C10H4Cl2F4O3S. The number of para-hydroxylation sites is 1. The zero-order valence-electron chi connectivity index (χ0n) is 9.21. The number of hydrogen-bond donors (Lipinski definition) is 0. The maximum absolute atomic E-state index is 12.5. The Balaban J connectivity index is 2.95. The maximum atomic E-state index is 12.5. The molecule has 0 saturated carbocycles. The van der Waals surface area contributed by atoms with Crippen LogP contribution < -0.4 is 4.74 Å². The van der Waals surface area contributed by atoms with Gasteiger partial charge < -0.3 is 4.74 Å². The van der Waals surface area contributed by atoms with E-state index in [2.05, 4.69) is 27.9 Å². The number of rotatable bonds is 4. The summed E-state index contributed by atoms with van der Waals surface area (Å²) < 4.78 is 54.2. The molecule has 0 amide bonds. The molecule has 0 fully saturated rings. The van der Waals surface area contributed by atoms with Gasteiger partial charge in [0, 0.05) is 0 Å². The van der Waals surface area contributed by atoms with Gasteiger partial charge in [0.05, 0.1) is 4.90 Å². The van der Waals surface area contributed by atoms with Crippen molar-refractivity contribution in [3.05, 3.63) is 24.3 Å². The Morgan fingerprint density at radius 1 is 1.05 bits per heavy atom. The third-order valence-electron chi connectivity index (χ3n) is 1.72. The minimum atomic E-state index is -4.28. The topological polar surface area (TPSA) is 43.4 Å². The number of benzene rings is 1. The van der Waals surface area contributed by atoms with Crippen LogP contribution in [0.1, 0.15) is 0 Å². The average molecular weight is 351 g/mol. The van der Waals surface area contributed by atoms with E-state index in [1.54, 1.807) is 0 Å². The van der Waals surface area contributed by atoms with E-state index >= 15 is 0 Å². The molecule has 0 heterocycles. The first-order valence-corrected chi connectivity index (χ1v) is 6.26. The van der Waals surface area contributed by atoms with Crippen molar-refractivity contribution in [1.82, 2.24) is 0 Å². The lowest BCUT2D eigenvalue weighted by Crippen LogP contribution is -2.27. The van der Waals surface area contributed by atoms with Crippen LogP contribution >= 0.6 is 35.0 Å². The van der Waals surface area contributed by atoms with Gasteiger partial charge in [0.15, 0.2) is 0 Å². The molecule has 0 spiro atoms. The molecule has 1 aromatic carbocycles. The summed E-state index contributed by atoms with van der Waals surface area (Å²) in [5.41, 5.74) is 0. The summed E-state index contributed by atoms with van der Waals surface area (Å²) in [7, 11) is 0. The smallest absolute Gasteiger partial charge is 0.418 e. The van der Waals surface area contributed by atoms with E-state index in [0.717, 1.165) is 12.1 Å². The average Bonchev–Trinajstić information content (AvgIpc) is 2.29. The Labute approximate surface area is 124 Å². The molecule has 0 bridgehead atoms. The van der Waals surface area contributed by atoms with Crippen LogP contribution in [0.25, 0.3) is 0 Å². The Bertz CT molecular complexity index is 481. The van der Waals surface area contributed by atoms with E-state index in [4.69, 9.17) is 0 Å². The van der Waals surface area contributed by atoms with Crippen LogP contribution in [0.2, 0.25) is 0 Å². The van der Waals surface area contributed by atoms with Crippen molar-refractivity contribution < 1.29 is 31.9 Å². The Morgan fingerprint density at radius 2 is 1.60 bits per heavy atom. The lowest BCUT2D eigenvalue weighted by molar-refractivity contribution is -0.151. The van der Waals surface area contributed by atoms with Crippen LogP contribution in [0.5, 0.6) is 5.75 Å². The van der Waals surface area contributed by atoms with Crippen molar-refractivity contribution in [1.29, 1.82) is 0 Å². The maximum Gasteiger partial charge on any atom is 0.418 e. The summed E-state index contributed by atoms with van der Waals surface area (Å²) in [4.78, 5) is 21.6. The fourth-order valence-corrected chi connectivity index (χ4v) is 1.76. The highest BCUT2D eigenvalue weighted by atomic mass is 35.5. The van der Waals surface area contributed by atoms with E-state index in [1.165, 1.54) is 12.1 Å². The molecule has 10 heteroatoms. The molecule has 0 aliphatic heterocycles. The Kier molecular flexibility index (Phi) is 5.28. The minimum absolute atomic E-state index is 0.0563. The summed E-state index contributed by atoms with van der Waals surface area (Å²) in [6, 6.07) is 4.74. The van der Waals surface area contributed by atoms with Crippen LogP contribution in [0, 0.1) is 0 Å². The number of thioether (sulfide) groups is 1. The standard InChI is InChI=1S/C10H4Cl2F4O3S/c11-9(13,14)7(17)19-5-3-1-2-4-6(5)20-8(18)10(12,15)16/h1-4H. The van der Waals surface area contributed by atoms with Gasteiger partial charge in [-0.3, -0.25) is 4.79 Å². The molecule has 1 rings (SSSR count). The van der Waals surface area contributed by atoms with Gasteiger partial charge in [0.25, 0.3) is 5.12 Å². The van der Waals surface area contributed by atoms with Gasteiger partial charge >= 0.3 is 16.7 Å². The zero-order chi connectivity index (χ0) is 15.6. The summed E-state index contributed by atoms with van der Waals surface area (Å²) in [5, 5.41) is -10.2. The number of halogens is 6. The molecule has 0 atom stereocenters. The van der Waals surface area contributed by atoms with Crippen LogP contribution in [-0.4, -0.2) is 21.8 Å². The van der Waals surface area contributed by atoms with Crippen molar-refractivity contribution in [2.24, 2.45) is 0 Å². The highest BCUT2D eigenvalue weighted by Crippen LogP contribution is 2.36. The number of ether oxygens (including phenoxy) is 1. The molecule has 0 radical (unpaired) electrons. The van der Waals surface area contributed by atoms with Crippen molar-refractivity contribution in [2.75, 3.05) is 0 Å². The van der Waals surface area contributed by atoms with Crippen molar-refractivity contribution >= 4 is 46.0 Å². The molecule has 3 nitrogen and oxygen atoms in total. The number of alkyl halides is 6. The zero-order valence-corrected chi connectivity index (χ0v) is 11.5. The highest BCUT2D eigenvalue weighted by Gasteiger charge is 2.40. The lowest BCUT2D eigenvalue weighted by Gasteiger charge is -2.12. The largest absolute Gasteiger partial charge is 0.420 e. The quantitative estimate of drug-likeness (QED) is 0.272. The van der Waals surface area contributed by atoms with Crippen LogP contribution in [0.15, 0.2) is 29.2 Å². The van der Waals surface area contributed by atoms with E-state index < -0.39 is 27.6 Å². The Hall–Kier alpha value is -0.990. The van der Waals surface area contributed by atoms with Gasteiger partial charge in [0.1, 0.15) is 5.75 Å². The molecule has 0 aliphatic rings. The van der Waals surface area contributed by atoms with Crippen LogP contribution in [0.4, 0.5) is 17.6 Å². The second-order valence-electron chi connectivity index (χ2n) is 3.22. The summed E-state index contributed by atoms with van der Waals surface area (Å²) in [5.74, 6) is -2.62. The molecule has 0 unspecified atom stereocenters. The second-order valence-corrected chi connectivity index (χ2v) is 5.19. The van der Waals surface area contributed by atoms with Gasteiger partial charge in [-0.2, -0.15) is 17.6 Å². The van der Waals surface area contributed by atoms with Crippen LogP contribution in [-0.2, 0) is 9.59 Å². The summed E-state index contributed by atoms with van der Waals surface area (Å²) in [6.07, 6.45) is 0. The van der Waals surface area contributed by atoms with Gasteiger partial charge in [-0.1, -0.05) is 12.1 Å². The number of hydrogen-bond acceptors (Lipinski definition) is 4. The molecule has 20 heavy (non-hydrogen) atoms. The molecule has 1 aromatic rings. The predicted octanol–water partition coefficient (Wildman–Crippen LogP) is 3.87. The van der Waals surface area contributed by atoms with Gasteiger partial charge in [0.2, 0.25) is 0 Å². The summed E-state index contributed by atoms with van der Waals surface area (Å²) in [6.45, 7) is 0. The van der Waals surface area contributed by atoms with Gasteiger partial charge in [-0.05, 0) is 47.1 Å². The SMILES string of the molecule is O=C(Oc1ccccc1SC(=O)C(F)(F)Cl)C(F)(F)Cl. The fourth-order valence-electron chi connectivity index (χ4n) is 0.934. The van der Waals surface area contributed by atoms with E-state index in [-0.39, 0.29) is 16.7 Å². The Morgan fingerprint density at radius 3 is 2.10 bits per heavy atom. The van der Waals surface area contributed by atoms with E-state index in [1.807, 2.05) is 0 Å². The summed E-state index contributed by atoms with van der Waals surface area (Å²) >= 11 is 8.90. The predicted molar refractivity (Wildman–Crippen MR) is 64.5 cm³/mol. The van der Waals surface area contributed by atoms with Crippen molar-refractivity contribution in [2.45, 2.75) is 15.7 Å². The number of carbonyl (C=O) groups excluding carboxylic acids is 2. The lowest BCUT2D eigenvalue weighted by atomic mass is 10.3. The van der Waals surface area contributed by atoms with Gasteiger partial charge in [-0.15, -0.1) is 0 Å². The molecular weight excluding hydrogens is 347 g/mol. The molecule has 0 N–H and O–H groups in total. The molecule has 0 aromatic heterocycles. The first-order valence-electron chi connectivity index (χ1n) is 4.69. The third kappa shape index (κ3) is 4.84. The number of esters is 1. The first-order chi connectivity index (χ1) is 9.01.